The number of benzene rings is 2. The maximum atomic E-state index is 13.6. The smallest absolute Gasteiger partial charge is 0.146 e. The molecule has 0 aliphatic heterocycles. The van der Waals surface area contributed by atoms with E-state index >= 15 is 0 Å². The summed E-state index contributed by atoms with van der Waals surface area (Å²) in [5.74, 6) is 0.559. The molecule has 0 aliphatic rings. The number of rotatable bonds is 7. The Hall–Kier alpha value is -4.08. The van der Waals surface area contributed by atoms with E-state index < -0.39 is 5.60 Å². The lowest BCUT2D eigenvalue weighted by atomic mass is 10.0. The molecular formula is C27H25ClFN7O. The third kappa shape index (κ3) is 5.23. The number of nitrogens with two attached hydrogens (primary N) is 1. The van der Waals surface area contributed by atoms with Crippen molar-refractivity contribution in [2.75, 3.05) is 17.6 Å². The van der Waals surface area contributed by atoms with E-state index in [0.717, 1.165) is 16.5 Å². The van der Waals surface area contributed by atoms with Crippen LogP contribution in [-0.4, -0.2) is 36.8 Å². The van der Waals surface area contributed by atoms with E-state index in [1.54, 1.807) is 44.3 Å². The molecule has 0 unspecified atom stereocenters. The predicted octanol–water partition coefficient (Wildman–Crippen LogP) is 5.34. The van der Waals surface area contributed by atoms with Crippen LogP contribution >= 0.6 is 11.6 Å². The fraction of sp³-hybridized carbons (Fsp3) is 0.185. The van der Waals surface area contributed by atoms with Crippen molar-refractivity contribution in [1.29, 1.82) is 0 Å². The van der Waals surface area contributed by atoms with Gasteiger partial charge in [-0.1, -0.05) is 17.7 Å². The first-order valence-electron chi connectivity index (χ1n) is 11.7. The minimum Gasteiger partial charge on any atom is -0.384 e. The molecule has 5 rings (SSSR count). The number of H-pyrrole nitrogens is 1. The highest BCUT2D eigenvalue weighted by molar-refractivity contribution is 6.35. The van der Waals surface area contributed by atoms with Gasteiger partial charge in [-0.05, 0) is 62.4 Å². The molecule has 188 valence electrons. The molecule has 2 aromatic carbocycles. The lowest BCUT2D eigenvalue weighted by molar-refractivity contribution is 0.0740. The van der Waals surface area contributed by atoms with E-state index in [2.05, 4.69) is 25.5 Å². The summed E-state index contributed by atoms with van der Waals surface area (Å²) in [4.78, 5) is 14.0. The van der Waals surface area contributed by atoms with Crippen molar-refractivity contribution in [3.05, 3.63) is 83.0 Å². The number of nitrogen functional groups attached to an aromatic ring is 1. The molecule has 0 atom stereocenters. The number of aromatic amines is 1. The van der Waals surface area contributed by atoms with Gasteiger partial charge in [-0.15, -0.1) is 0 Å². The molecule has 3 aromatic heterocycles. The summed E-state index contributed by atoms with van der Waals surface area (Å²) in [7, 11) is 0. The van der Waals surface area contributed by atoms with Crippen LogP contribution < -0.4 is 11.1 Å². The summed E-state index contributed by atoms with van der Waals surface area (Å²) in [5, 5.41) is 21.8. The standard InChI is InChI=1S/C27H25ClFN7O/c1-27(2,37)21-4-3-5-22(34-21)31-11-10-20-26(30)35-24(15-6-8-18(29)9-7-15)25(33-20)16-12-17-14-32-36-23(17)19(28)13-16/h3-9,12-14,37H,10-11H2,1-2H3,(H2,30,35)(H,31,34)(H,32,36). The highest BCUT2D eigenvalue weighted by atomic mass is 35.5. The molecular weight excluding hydrogens is 493 g/mol. The zero-order valence-electron chi connectivity index (χ0n) is 20.3. The van der Waals surface area contributed by atoms with Gasteiger partial charge < -0.3 is 16.2 Å². The third-order valence-corrected chi connectivity index (χ3v) is 6.23. The van der Waals surface area contributed by atoms with Crippen molar-refractivity contribution >= 4 is 34.1 Å². The van der Waals surface area contributed by atoms with Crippen molar-refractivity contribution in [3.8, 4) is 22.5 Å². The first kappa shape index (κ1) is 24.6. The quantitative estimate of drug-likeness (QED) is 0.229. The van der Waals surface area contributed by atoms with Crippen LogP contribution in [0.4, 0.5) is 16.0 Å². The number of nitrogens with zero attached hydrogens (tertiary/aromatic N) is 4. The summed E-state index contributed by atoms with van der Waals surface area (Å²) in [6.07, 6.45) is 2.15. The summed E-state index contributed by atoms with van der Waals surface area (Å²) in [5.41, 5.74) is 9.68. The Labute approximate surface area is 217 Å². The Bertz CT molecular complexity index is 1580. The number of anilines is 2. The fourth-order valence-corrected chi connectivity index (χ4v) is 4.28. The van der Waals surface area contributed by atoms with Crippen LogP contribution in [-0.2, 0) is 12.0 Å². The van der Waals surface area contributed by atoms with Gasteiger partial charge >= 0.3 is 0 Å². The first-order chi connectivity index (χ1) is 17.7. The Balaban J connectivity index is 1.50. The number of hydrogen-bond acceptors (Lipinski definition) is 7. The van der Waals surface area contributed by atoms with Crippen LogP contribution in [0, 0.1) is 5.82 Å². The van der Waals surface area contributed by atoms with Gasteiger partial charge in [0.05, 0.1) is 39.5 Å². The SMILES string of the molecule is CC(C)(O)c1cccc(NCCc2nc(-c3cc(Cl)c4[nH]ncc4c3)c(-c3ccc(F)cc3)nc2N)n1. The van der Waals surface area contributed by atoms with Crippen LogP contribution in [0.2, 0.25) is 5.02 Å². The molecule has 3 heterocycles. The number of aromatic nitrogens is 5. The van der Waals surface area contributed by atoms with Gasteiger partial charge in [0.25, 0.3) is 0 Å². The highest BCUT2D eigenvalue weighted by Gasteiger charge is 2.19. The monoisotopic (exact) mass is 517 g/mol. The molecule has 10 heteroatoms. The van der Waals surface area contributed by atoms with E-state index in [-0.39, 0.29) is 11.6 Å². The van der Waals surface area contributed by atoms with Crippen molar-refractivity contribution in [2.24, 2.45) is 0 Å². The molecule has 0 aliphatic carbocycles. The van der Waals surface area contributed by atoms with Crippen LogP contribution in [0.15, 0.2) is 60.8 Å². The Morgan fingerprint density at radius 1 is 1.03 bits per heavy atom. The molecule has 0 spiro atoms. The van der Waals surface area contributed by atoms with Crippen LogP contribution in [0.1, 0.15) is 25.2 Å². The van der Waals surface area contributed by atoms with Gasteiger partial charge in [0.1, 0.15) is 23.1 Å². The molecule has 8 nitrogen and oxygen atoms in total. The van der Waals surface area contributed by atoms with Gasteiger partial charge in [0.2, 0.25) is 0 Å². The minimum atomic E-state index is -1.05. The molecule has 0 amide bonds. The molecule has 0 fully saturated rings. The summed E-state index contributed by atoms with van der Waals surface area (Å²) >= 11 is 6.51. The third-order valence-electron chi connectivity index (χ3n) is 5.93. The molecule has 0 saturated heterocycles. The van der Waals surface area contributed by atoms with Crippen LogP contribution in [0.3, 0.4) is 0 Å². The van der Waals surface area contributed by atoms with Crippen molar-refractivity contribution in [3.63, 3.8) is 0 Å². The largest absolute Gasteiger partial charge is 0.384 e. The molecule has 0 bridgehead atoms. The average Bonchev–Trinajstić information content (AvgIpc) is 3.34. The minimum absolute atomic E-state index is 0.276. The fourth-order valence-electron chi connectivity index (χ4n) is 4.01. The zero-order chi connectivity index (χ0) is 26.2. The van der Waals surface area contributed by atoms with Crippen LogP contribution in [0.5, 0.6) is 0 Å². The summed E-state index contributed by atoms with van der Waals surface area (Å²) in [6.45, 7) is 3.86. The molecule has 0 saturated carbocycles. The average molecular weight is 518 g/mol. The highest BCUT2D eigenvalue weighted by Crippen LogP contribution is 2.35. The van der Waals surface area contributed by atoms with E-state index in [9.17, 15) is 9.50 Å². The molecule has 5 aromatic rings. The maximum absolute atomic E-state index is 13.6. The number of nitrogens with one attached hydrogen (secondary N) is 2. The molecule has 0 radical (unpaired) electrons. The second kappa shape index (κ2) is 9.76. The number of halogens is 2. The Morgan fingerprint density at radius 2 is 1.78 bits per heavy atom. The van der Waals surface area contributed by atoms with Gasteiger partial charge in [-0.3, -0.25) is 5.10 Å². The predicted molar refractivity (Wildman–Crippen MR) is 144 cm³/mol. The van der Waals surface area contributed by atoms with Gasteiger partial charge in [-0.2, -0.15) is 5.10 Å². The van der Waals surface area contributed by atoms with Gasteiger partial charge in [0.15, 0.2) is 0 Å². The van der Waals surface area contributed by atoms with E-state index in [0.29, 0.717) is 52.1 Å². The van der Waals surface area contributed by atoms with Gasteiger partial charge in [0, 0.05) is 29.5 Å². The number of aliphatic hydroxyl groups is 1. The topological polar surface area (TPSA) is 126 Å². The summed E-state index contributed by atoms with van der Waals surface area (Å²) < 4.78 is 13.6. The first-order valence-corrected chi connectivity index (χ1v) is 12.1. The van der Waals surface area contributed by atoms with Gasteiger partial charge in [-0.25, -0.2) is 19.3 Å². The maximum Gasteiger partial charge on any atom is 0.146 e. The lowest BCUT2D eigenvalue weighted by Crippen LogP contribution is -2.18. The van der Waals surface area contributed by atoms with Crippen molar-refractivity contribution in [1.82, 2.24) is 25.1 Å². The zero-order valence-corrected chi connectivity index (χ0v) is 21.0. The summed E-state index contributed by atoms with van der Waals surface area (Å²) in [6, 6.07) is 15.2. The van der Waals surface area contributed by atoms with Crippen LogP contribution in [0.25, 0.3) is 33.4 Å². The second-order valence-corrected chi connectivity index (χ2v) is 9.60. The number of pyridine rings is 1. The second-order valence-electron chi connectivity index (χ2n) is 9.20. The van der Waals surface area contributed by atoms with Crippen molar-refractivity contribution in [2.45, 2.75) is 25.9 Å². The van der Waals surface area contributed by atoms with Crippen molar-refractivity contribution < 1.29 is 9.50 Å². The number of hydrogen-bond donors (Lipinski definition) is 4. The normalized spacial score (nSPS) is 11.7. The van der Waals surface area contributed by atoms with E-state index in [1.807, 2.05) is 18.2 Å². The number of fused-ring (bicyclic) bond motifs is 1. The Morgan fingerprint density at radius 3 is 2.54 bits per heavy atom. The molecule has 5 N–H and O–H groups in total. The lowest BCUT2D eigenvalue weighted by Gasteiger charge is -2.17. The Kier molecular flexibility index (Phi) is 6.49. The van der Waals surface area contributed by atoms with E-state index in [1.165, 1.54) is 12.1 Å². The van der Waals surface area contributed by atoms with E-state index in [4.69, 9.17) is 22.3 Å². The molecule has 37 heavy (non-hydrogen) atoms.